The molecule has 96 valence electrons. The van der Waals surface area contributed by atoms with Gasteiger partial charge in [0, 0.05) is 18.1 Å². The Hall–Kier alpha value is -0.110. The van der Waals surface area contributed by atoms with Crippen molar-refractivity contribution < 1.29 is 0 Å². The van der Waals surface area contributed by atoms with E-state index in [2.05, 4.69) is 31.7 Å². The van der Waals surface area contributed by atoms with E-state index in [1.807, 2.05) is 18.8 Å². The van der Waals surface area contributed by atoms with Crippen LogP contribution < -0.4 is 11.3 Å². The molecule has 1 aliphatic rings. The molecule has 3 N–H and O–H groups in total. The van der Waals surface area contributed by atoms with Crippen LogP contribution >= 0.6 is 27.7 Å². The Morgan fingerprint density at radius 1 is 1.59 bits per heavy atom. The molecule has 1 aromatic heterocycles. The van der Waals surface area contributed by atoms with Gasteiger partial charge in [0.1, 0.15) is 0 Å². The number of hydrazine groups is 1. The fourth-order valence-corrected chi connectivity index (χ4v) is 4.19. The smallest absolute Gasteiger partial charge is 0.153 e. The topological polar surface area (TPSA) is 68.8 Å². The summed E-state index contributed by atoms with van der Waals surface area (Å²) >= 11 is 5.41. The van der Waals surface area contributed by atoms with E-state index < -0.39 is 0 Å². The molecule has 0 aliphatic heterocycles. The lowest BCUT2D eigenvalue weighted by Gasteiger charge is -2.18. The fourth-order valence-electron chi connectivity index (χ4n) is 2.20. The van der Waals surface area contributed by atoms with E-state index in [4.69, 9.17) is 5.84 Å². The molecule has 1 unspecified atom stereocenters. The zero-order valence-electron chi connectivity index (χ0n) is 9.90. The van der Waals surface area contributed by atoms with E-state index in [9.17, 15) is 0 Å². The van der Waals surface area contributed by atoms with Crippen LogP contribution in [-0.4, -0.2) is 26.0 Å². The van der Waals surface area contributed by atoms with Gasteiger partial charge in [0.25, 0.3) is 0 Å². The quantitative estimate of drug-likeness (QED) is 0.639. The molecule has 0 spiro atoms. The first-order valence-electron chi connectivity index (χ1n) is 5.85. The van der Waals surface area contributed by atoms with Gasteiger partial charge < -0.3 is 0 Å². The summed E-state index contributed by atoms with van der Waals surface area (Å²) in [6.45, 7) is 0. The van der Waals surface area contributed by atoms with Crippen LogP contribution in [0.25, 0.3) is 0 Å². The number of thioether (sulfide) groups is 1. The molecule has 5 nitrogen and oxygen atoms in total. The number of rotatable bonds is 5. The molecule has 0 radical (unpaired) electrons. The van der Waals surface area contributed by atoms with Crippen molar-refractivity contribution in [2.24, 2.45) is 12.9 Å². The third kappa shape index (κ3) is 3.21. The Morgan fingerprint density at radius 2 is 2.29 bits per heavy atom. The molecule has 7 heteroatoms. The molecular formula is C10H18BrN5S. The van der Waals surface area contributed by atoms with Gasteiger partial charge in [-0.2, -0.15) is 11.8 Å². The average Bonchev–Trinajstić information content (AvgIpc) is 2.93. The lowest BCUT2D eigenvalue weighted by atomic mass is 10.3. The first-order valence-corrected chi connectivity index (χ1v) is 7.69. The van der Waals surface area contributed by atoms with Crippen molar-refractivity contribution in [2.75, 3.05) is 5.75 Å². The predicted octanol–water partition coefficient (Wildman–Crippen LogP) is 1.76. The largest absolute Gasteiger partial charge is 0.271 e. The summed E-state index contributed by atoms with van der Waals surface area (Å²) in [4.78, 5) is 0. The van der Waals surface area contributed by atoms with Crippen LogP contribution in [0.3, 0.4) is 0 Å². The molecule has 1 saturated carbocycles. The number of nitrogens with two attached hydrogens (primary N) is 1. The summed E-state index contributed by atoms with van der Waals surface area (Å²) in [6, 6.07) is 0.0926. The highest BCUT2D eigenvalue weighted by atomic mass is 79.9. The molecule has 1 fully saturated rings. The second kappa shape index (κ2) is 6.17. The van der Waals surface area contributed by atoms with Crippen molar-refractivity contribution in [1.82, 2.24) is 20.4 Å². The van der Waals surface area contributed by atoms with Crippen molar-refractivity contribution in [3.8, 4) is 0 Å². The summed E-state index contributed by atoms with van der Waals surface area (Å²) < 4.78 is 2.54. The van der Waals surface area contributed by atoms with E-state index >= 15 is 0 Å². The number of nitrogens with one attached hydrogen (secondary N) is 1. The number of halogens is 1. The van der Waals surface area contributed by atoms with Gasteiger partial charge in [-0.25, -0.2) is 4.68 Å². The van der Waals surface area contributed by atoms with Crippen LogP contribution in [0.1, 0.15) is 37.4 Å². The zero-order valence-corrected chi connectivity index (χ0v) is 12.3. The predicted molar refractivity (Wildman–Crippen MR) is 73.5 cm³/mol. The van der Waals surface area contributed by atoms with Crippen LogP contribution in [-0.2, 0) is 7.05 Å². The Labute approximate surface area is 114 Å². The minimum Gasteiger partial charge on any atom is -0.271 e. The number of aryl methyl sites for hydroxylation is 1. The molecule has 0 aromatic carbocycles. The van der Waals surface area contributed by atoms with Gasteiger partial charge in [-0.1, -0.05) is 18.1 Å². The van der Waals surface area contributed by atoms with E-state index in [1.54, 1.807) is 4.68 Å². The number of aromatic nitrogens is 3. The third-order valence-electron chi connectivity index (χ3n) is 3.16. The van der Waals surface area contributed by atoms with Crippen LogP contribution in [0.4, 0.5) is 0 Å². The summed E-state index contributed by atoms with van der Waals surface area (Å²) in [5, 5.41) is 8.77. The lowest BCUT2D eigenvalue weighted by molar-refractivity contribution is 0.549. The van der Waals surface area contributed by atoms with Gasteiger partial charge in [-0.05, 0) is 28.8 Å². The van der Waals surface area contributed by atoms with Gasteiger partial charge in [0.15, 0.2) is 4.60 Å². The number of hydrogen-bond donors (Lipinski definition) is 2. The first-order chi connectivity index (χ1) is 8.22. The zero-order chi connectivity index (χ0) is 12.3. The summed E-state index contributed by atoms with van der Waals surface area (Å²) in [5.74, 6) is 6.59. The van der Waals surface area contributed by atoms with Crippen molar-refractivity contribution >= 4 is 27.7 Å². The molecule has 0 amide bonds. The molecule has 17 heavy (non-hydrogen) atoms. The van der Waals surface area contributed by atoms with Crippen molar-refractivity contribution in [3.05, 3.63) is 10.3 Å². The van der Waals surface area contributed by atoms with Crippen LogP contribution in [0.5, 0.6) is 0 Å². The van der Waals surface area contributed by atoms with Crippen molar-refractivity contribution in [1.29, 1.82) is 0 Å². The molecule has 1 heterocycles. The van der Waals surface area contributed by atoms with Gasteiger partial charge >= 0.3 is 0 Å². The summed E-state index contributed by atoms with van der Waals surface area (Å²) in [7, 11) is 1.89. The third-order valence-corrected chi connectivity index (χ3v) is 5.19. The maximum atomic E-state index is 5.63. The molecule has 1 aliphatic carbocycles. The first kappa shape index (κ1) is 13.3. The van der Waals surface area contributed by atoms with Crippen LogP contribution in [0.2, 0.25) is 0 Å². The maximum absolute atomic E-state index is 5.63. The van der Waals surface area contributed by atoms with E-state index in [0.717, 1.165) is 21.3 Å². The Morgan fingerprint density at radius 3 is 2.82 bits per heavy atom. The Kier molecular flexibility index (Phi) is 4.84. The second-order valence-corrected chi connectivity index (χ2v) is 6.43. The SMILES string of the molecule is Cn1nnc(Br)c1C(CSC1CCCC1)NN. The molecule has 0 saturated heterocycles. The van der Waals surface area contributed by atoms with Gasteiger partial charge in [-0.3, -0.25) is 11.3 Å². The average molecular weight is 320 g/mol. The molecule has 1 aromatic rings. The Bertz CT molecular complexity index is 344. The number of hydrogen-bond acceptors (Lipinski definition) is 5. The van der Waals surface area contributed by atoms with Crippen molar-refractivity contribution in [2.45, 2.75) is 37.0 Å². The van der Waals surface area contributed by atoms with Crippen LogP contribution in [0, 0.1) is 0 Å². The van der Waals surface area contributed by atoms with Crippen LogP contribution in [0.15, 0.2) is 4.60 Å². The summed E-state index contributed by atoms with van der Waals surface area (Å²) in [6.07, 6.45) is 5.42. The van der Waals surface area contributed by atoms with Gasteiger partial charge in [0.05, 0.1) is 11.7 Å². The standard InChI is InChI=1S/C10H18BrN5S/c1-16-9(10(11)14-15-16)8(13-12)6-17-7-4-2-3-5-7/h7-8,13H,2-6,12H2,1H3. The summed E-state index contributed by atoms with van der Waals surface area (Å²) in [5.41, 5.74) is 3.87. The van der Waals surface area contributed by atoms with Gasteiger partial charge in [-0.15, -0.1) is 5.10 Å². The van der Waals surface area contributed by atoms with E-state index in [-0.39, 0.29) is 6.04 Å². The normalized spacial score (nSPS) is 18.8. The molecular weight excluding hydrogens is 302 g/mol. The molecule has 0 bridgehead atoms. The monoisotopic (exact) mass is 319 g/mol. The highest BCUT2D eigenvalue weighted by molar-refractivity contribution is 9.10. The minimum absolute atomic E-state index is 0.0926. The minimum atomic E-state index is 0.0926. The lowest BCUT2D eigenvalue weighted by Crippen LogP contribution is -2.32. The molecule has 2 rings (SSSR count). The van der Waals surface area contributed by atoms with Crippen molar-refractivity contribution in [3.63, 3.8) is 0 Å². The highest BCUT2D eigenvalue weighted by Crippen LogP contribution is 2.32. The fraction of sp³-hybridized carbons (Fsp3) is 0.800. The number of nitrogens with zero attached hydrogens (tertiary/aromatic N) is 3. The Balaban J connectivity index is 1.96. The highest BCUT2D eigenvalue weighted by Gasteiger charge is 2.22. The molecule has 1 atom stereocenters. The van der Waals surface area contributed by atoms with E-state index in [0.29, 0.717) is 0 Å². The van der Waals surface area contributed by atoms with Gasteiger partial charge in [0.2, 0.25) is 0 Å². The second-order valence-electron chi connectivity index (χ2n) is 4.35. The van der Waals surface area contributed by atoms with E-state index in [1.165, 1.54) is 25.7 Å². The maximum Gasteiger partial charge on any atom is 0.153 e.